The van der Waals surface area contributed by atoms with Crippen LogP contribution in [0.3, 0.4) is 0 Å². The summed E-state index contributed by atoms with van der Waals surface area (Å²) < 4.78 is 39.7. The molecule has 2 rings (SSSR count). The standard InChI is InChI=1S/C14H11ClF3N/c15-11-1-3-13(17)9(5-11)7-19-8-10-6-12(16)2-4-14(10)18/h1-6,19H,7-8H2. The Balaban J connectivity index is 2.00. The number of benzene rings is 2. The van der Waals surface area contributed by atoms with E-state index in [9.17, 15) is 13.2 Å². The summed E-state index contributed by atoms with van der Waals surface area (Å²) in [5, 5.41) is 3.27. The summed E-state index contributed by atoms with van der Waals surface area (Å²) in [6.07, 6.45) is 0. The number of hydrogen-bond donors (Lipinski definition) is 1. The molecule has 2 aromatic rings. The van der Waals surface area contributed by atoms with E-state index in [2.05, 4.69) is 5.32 Å². The fourth-order valence-corrected chi connectivity index (χ4v) is 1.88. The van der Waals surface area contributed by atoms with Gasteiger partial charge in [0.25, 0.3) is 0 Å². The van der Waals surface area contributed by atoms with E-state index in [4.69, 9.17) is 11.6 Å². The van der Waals surface area contributed by atoms with Crippen LogP contribution >= 0.6 is 11.6 Å². The number of hydrogen-bond acceptors (Lipinski definition) is 1. The van der Waals surface area contributed by atoms with Gasteiger partial charge in [-0.15, -0.1) is 0 Å². The van der Waals surface area contributed by atoms with E-state index in [1.165, 1.54) is 18.2 Å². The molecule has 0 aliphatic rings. The SMILES string of the molecule is Fc1ccc(F)c(CNCc2cc(Cl)ccc2F)c1. The second-order valence-electron chi connectivity index (χ2n) is 4.08. The number of rotatable bonds is 4. The van der Waals surface area contributed by atoms with Crippen LogP contribution in [0.4, 0.5) is 13.2 Å². The van der Waals surface area contributed by atoms with E-state index in [1.54, 1.807) is 0 Å². The zero-order valence-electron chi connectivity index (χ0n) is 9.89. The Kier molecular flexibility index (Phi) is 4.45. The minimum atomic E-state index is -0.507. The van der Waals surface area contributed by atoms with E-state index in [0.29, 0.717) is 10.6 Å². The van der Waals surface area contributed by atoms with Crippen LogP contribution in [-0.4, -0.2) is 0 Å². The minimum absolute atomic E-state index is 0.107. The summed E-state index contributed by atoms with van der Waals surface area (Å²) >= 11 is 5.75. The fraction of sp³-hybridized carbons (Fsp3) is 0.143. The average Bonchev–Trinajstić information content (AvgIpc) is 2.38. The molecular formula is C14H11ClF3N. The average molecular weight is 286 g/mol. The maximum absolute atomic E-state index is 13.4. The van der Waals surface area contributed by atoms with Crippen molar-refractivity contribution >= 4 is 11.6 Å². The molecule has 100 valence electrons. The van der Waals surface area contributed by atoms with Crippen LogP contribution in [0.25, 0.3) is 0 Å². The molecule has 0 bridgehead atoms. The predicted octanol–water partition coefficient (Wildman–Crippen LogP) is 4.05. The quantitative estimate of drug-likeness (QED) is 0.894. The van der Waals surface area contributed by atoms with Gasteiger partial charge in [-0.1, -0.05) is 11.6 Å². The first-order valence-corrected chi connectivity index (χ1v) is 6.02. The molecule has 0 saturated heterocycles. The molecule has 0 aliphatic heterocycles. The van der Waals surface area contributed by atoms with Gasteiger partial charge in [-0.25, -0.2) is 13.2 Å². The number of nitrogens with one attached hydrogen (secondary N) is 1. The highest BCUT2D eigenvalue weighted by atomic mass is 35.5. The Labute approximate surface area is 114 Å². The molecular weight excluding hydrogens is 275 g/mol. The highest BCUT2D eigenvalue weighted by Crippen LogP contribution is 2.15. The molecule has 0 atom stereocenters. The molecule has 0 radical (unpaired) electrons. The molecule has 0 saturated carbocycles. The smallest absolute Gasteiger partial charge is 0.127 e. The van der Waals surface area contributed by atoms with Crippen molar-refractivity contribution in [2.45, 2.75) is 13.1 Å². The third-order valence-electron chi connectivity index (χ3n) is 2.65. The van der Waals surface area contributed by atoms with Crippen LogP contribution in [0, 0.1) is 17.5 Å². The lowest BCUT2D eigenvalue weighted by Crippen LogP contribution is -2.15. The molecule has 0 heterocycles. The molecule has 0 aliphatic carbocycles. The summed E-state index contributed by atoms with van der Waals surface area (Å²) in [7, 11) is 0. The molecule has 5 heteroatoms. The molecule has 19 heavy (non-hydrogen) atoms. The summed E-state index contributed by atoms with van der Waals surface area (Å²) in [5.74, 6) is -1.40. The third-order valence-corrected chi connectivity index (χ3v) is 2.88. The van der Waals surface area contributed by atoms with Crippen molar-refractivity contribution in [2.75, 3.05) is 0 Å². The molecule has 1 nitrogen and oxygen atoms in total. The lowest BCUT2D eigenvalue weighted by molar-refractivity contribution is 0.558. The lowest BCUT2D eigenvalue weighted by Gasteiger charge is -2.07. The molecule has 2 aromatic carbocycles. The van der Waals surface area contributed by atoms with Crippen LogP contribution in [-0.2, 0) is 13.1 Å². The van der Waals surface area contributed by atoms with E-state index in [0.717, 1.165) is 18.2 Å². The Morgan fingerprint density at radius 3 is 2.11 bits per heavy atom. The van der Waals surface area contributed by atoms with Gasteiger partial charge in [-0.05, 0) is 36.4 Å². The van der Waals surface area contributed by atoms with Crippen LogP contribution in [0.2, 0.25) is 5.02 Å². The number of halogens is 4. The third kappa shape index (κ3) is 3.72. The minimum Gasteiger partial charge on any atom is -0.308 e. The maximum atomic E-state index is 13.4. The highest BCUT2D eigenvalue weighted by molar-refractivity contribution is 6.30. The lowest BCUT2D eigenvalue weighted by atomic mass is 10.2. The van der Waals surface area contributed by atoms with Crippen molar-refractivity contribution in [1.29, 1.82) is 0 Å². The topological polar surface area (TPSA) is 12.0 Å². The monoisotopic (exact) mass is 285 g/mol. The Bertz CT molecular complexity index is 535. The van der Waals surface area contributed by atoms with Crippen molar-refractivity contribution in [1.82, 2.24) is 5.32 Å². The normalized spacial score (nSPS) is 10.7. The summed E-state index contributed by atoms with van der Waals surface area (Å²) in [5.41, 5.74) is 0.576. The van der Waals surface area contributed by atoms with Gasteiger partial charge in [0.2, 0.25) is 0 Å². The van der Waals surface area contributed by atoms with Gasteiger partial charge in [0.1, 0.15) is 17.5 Å². The van der Waals surface area contributed by atoms with E-state index in [1.807, 2.05) is 0 Å². The first-order valence-electron chi connectivity index (χ1n) is 5.65. The van der Waals surface area contributed by atoms with Crippen LogP contribution in [0.15, 0.2) is 36.4 Å². The zero-order valence-corrected chi connectivity index (χ0v) is 10.6. The van der Waals surface area contributed by atoms with E-state index in [-0.39, 0.29) is 18.7 Å². The molecule has 0 fully saturated rings. The second kappa shape index (κ2) is 6.08. The predicted molar refractivity (Wildman–Crippen MR) is 68.3 cm³/mol. The van der Waals surface area contributed by atoms with Gasteiger partial charge in [0.15, 0.2) is 0 Å². The van der Waals surface area contributed by atoms with Crippen LogP contribution < -0.4 is 5.32 Å². The van der Waals surface area contributed by atoms with Gasteiger partial charge in [-0.2, -0.15) is 0 Å². The molecule has 0 unspecified atom stereocenters. The van der Waals surface area contributed by atoms with Crippen LogP contribution in [0.5, 0.6) is 0 Å². The molecule has 0 amide bonds. The Hall–Kier alpha value is -1.52. The maximum Gasteiger partial charge on any atom is 0.127 e. The Morgan fingerprint density at radius 1 is 0.842 bits per heavy atom. The molecule has 1 N–H and O–H groups in total. The van der Waals surface area contributed by atoms with Gasteiger partial charge < -0.3 is 5.32 Å². The largest absolute Gasteiger partial charge is 0.308 e. The van der Waals surface area contributed by atoms with Gasteiger partial charge >= 0.3 is 0 Å². The van der Waals surface area contributed by atoms with Crippen molar-refractivity contribution in [3.8, 4) is 0 Å². The molecule has 0 spiro atoms. The Morgan fingerprint density at radius 2 is 1.42 bits per heavy atom. The second-order valence-corrected chi connectivity index (χ2v) is 4.51. The van der Waals surface area contributed by atoms with Crippen LogP contribution in [0.1, 0.15) is 11.1 Å². The zero-order chi connectivity index (χ0) is 13.8. The van der Waals surface area contributed by atoms with Gasteiger partial charge in [0.05, 0.1) is 0 Å². The van der Waals surface area contributed by atoms with Crippen molar-refractivity contribution in [3.05, 3.63) is 70.0 Å². The highest BCUT2D eigenvalue weighted by Gasteiger charge is 2.05. The van der Waals surface area contributed by atoms with Crippen molar-refractivity contribution < 1.29 is 13.2 Å². The summed E-state index contributed by atoms with van der Waals surface area (Å²) in [6.45, 7) is 0.290. The fourth-order valence-electron chi connectivity index (χ4n) is 1.69. The van der Waals surface area contributed by atoms with E-state index >= 15 is 0 Å². The van der Waals surface area contributed by atoms with Gasteiger partial charge in [-0.3, -0.25) is 0 Å². The first kappa shape index (κ1) is 13.9. The van der Waals surface area contributed by atoms with Gasteiger partial charge in [0, 0.05) is 29.2 Å². The van der Waals surface area contributed by atoms with Crippen molar-refractivity contribution in [2.24, 2.45) is 0 Å². The summed E-state index contributed by atoms with van der Waals surface area (Å²) in [4.78, 5) is 0. The summed E-state index contributed by atoms with van der Waals surface area (Å²) in [6, 6.07) is 7.43. The van der Waals surface area contributed by atoms with Crippen molar-refractivity contribution in [3.63, 3.8) is 0 Å². The first-order chi connectivity index (χ1) is 9.06. The van der Waals surface area contributed by atoms with E-state index < -0.39 is 17.5 Å². The molecule has 0 aromatic heterocycles.